The van der Waals surface area contributed by atoms with Crippen molar-refractivity contribution in [2.24, 2.45) is 0 Å². The van der Waals surface area contributed by atoms with Crippen molar-refractivity contribution in [3.05, 3.63) is 11.4 Å². The third-order valence-electron chi connectivity index (χ3n) is 3.05. The van der Waals surface area contributed by atoms with Gasteiger partial charge in [-0.25, -0.2) is 8.78 Å². The van der Waals surface area contributed by atoms with Crippen LogP contribution in [0.1, 0.15) is 0 Å². The lowest BCUT2D eigenvalue weighted by Crippen LogP contribution is -2.67. The topological polar surface area (TPSA) is 3.24 Å². The Labute approximate surface area is 159 Å². The van der Waals surface area contributed by atoms with Gasteiger partial charge in [-0.05, 0) is 0 Å². The number of nitrogens with zero attached hydrogens (tertiary/aromatic N) is 1. The van der Waals surface area contributed by atoms with Gasteiger partial charge in [-0.15, -0.1) is 0 Å². The van der Waals surface area contributed by atoms with Crippen LogP contribution in [0.15, 0.2) is 11.4 Å². The summed E-state index contributed by atoms with van der Waals surface area (Å²) in [6.07, 6.45) is -40.1. The minimum Gasteiger partial charge on any atom is -0.207 e. The van der Waals surface area contributed by atoms with Crippen LogP contribution in [0.4, 0.5) is 92.2 Å². The molecule has 192 valence electrons. The Morgan fingerprint density at radius 2 is 0.781 bits per heavy atom. The predicted octanol–water partition coefficient (Wildman–Crippen LogP) is 7.17. The van der Waals surface area contributed by atoms with Crippen LogP contribution in [0, 0.1) is 0 Å². The van der Waals surface area contributed by atoms with E-state index in [2.05, 4.69) is 0 Å². The second kappa shape index (κ2) is 7.64. The van der Waals surface area contributed by atoms with E-state index in [0.29, 0.717) is 0 Å². The first-order valence-corrected chi connectivity index (χ1v) is 6.39. The number of halogens is 21. The van der Waals surface area contributed by atoms with Gasteiger partial charge in [0.2, 0.25) is 0 Å². The van der Waals surface area contributed by atoms with E-state index >= 15 is 0 Å². The van der Waals surface area contributed by atoms with Crippen LogP contribution < -0.4 is 0 Å². The Hall–Kier alpha value is -1.77. The summed E-state index contributed by atoms with van der Waals surface area (Å²) in [6.45, 7) is 0. The average molecular weight is 533 g/mol. The van der Waals surface area contributed by atoms with Crippen LogP contribution in [0.2, 0.25) is 0 Å². The number of hydrogen-bond donors (Lipinski definition) is 0. The zero-order valence-corrected chi connectivity index (χ0v) is 13.4. The number of rotatable bonds is 4. The SMILES string of the molecule is F/C(=C(/C(F)(F)F)C(F)(F)C(F)(F)C(F)(F)F)C(F)(N(C(F)(F)F)C(F)(F)F)C(F)(F)F. The second-order valence-electron chi connectivity index (χ2n) is 5.22. The number of hydrogen-bond acceptors (Lipinski definition) is 1. The van der Waals surface area contributed by atoms with Gasteiger partial charge in [0.15, 0.2) is 5.83 Å². The Balaban J connectivity index is 7.88. The van der Waals surface area contributed by atoms with Crippen LogP contribution in [0.3, 0.4) is 0 Å². The molecule has 0 heterocycles. The minimum atomic E-state index is -8.44. The first-order chi connectivity index (χ1) is 13.4. The molecule has 0 N–H and O–H groups in total. The van der Waals surface area contributed by atoms with Gasteiger partial charge >= 0.3 is 48.8 Å². The molecule has 0 radical (unpaired) electrons. The molecule has 0 aromatic carbocycles. The van der Waals surface area contributed by atoms with Crippen molar-refractivity contribution in [3.8, 4) is 0 Å². The summed E-state index contributed by atoms with van der Waals surface area (Å²) in [5.41, 5.74) is -5.95. The van der Waals surface area contributed by atoms with E-state index in [1.807, 2.05) is 0 Å². The summed E-state index contributed by atoms with van der Waals surface area (Å²) in [5.74, 6) is -31.2. The summed E-state index contributed by atoms with van der Waals surface area (Å²) in [6, 6.07) is 0. The standard InChI is InChI=1S/C10F21N/c11-2(1(5(15,16)17)3(12,13)6(18,19)8(23,24)25)4(14,7(20,21)22)32(9(26,27)28)10(29,30)31/b2-1+. The molecule has 22 heteroatoms. The molecule has 0 aromatic rings. The molecule has 1 nitrogen and oxygen atoms in total. The maximum atomic E-state index is 13.9. The summed E-state index contributed by atoms with van der Waals surface area (Å²) in [4.78, 5) is -4.73. The largest absolute Gasteiger partial charge is 0.470 e. The second-order valence-corrected chi connectivity index (χ2v) is 5.22. The molecule has 32 heavy (non-hydrogen) atoms. The summed E-state index contributed by atoms with van der Waals surface area (Å²) in [7, 11) is 0. The fraction of sp³-hybridized carbons (Fsp3) is 0.800. The molecular weight excluding hydrogens is 533 g/mol. The van der Waals surface area contributed by atoms with Gasteiger partial charge in [0.05, 0.1) is 0 Å². The van der Waals surface area contributed by atoms with Crippen LogP contribution in [0.25, 0.3) is 0 Å². The van der Waals surface area contributed by atoms with E-state index in [0.717, 1.165) is 0 Å². The van der Waals surface area contributed by atoms with Crippen molar-refractivity contribution < 1.29 is 92.2 Å². The molecular formula is C10F21N. The predicted molar refractivity (Wildman–Crippen MR) is 54.0 cm³/mol. The third kappa shape index (κ3) is 4.92. The molecule has 0 spiro atoms. The highest BCUT2D eigenvalue weighted by Crippen LogP contribution is 2.59. The van der Waals surface area contributed by atoms with Crippen molar-refractivity contribution in [2.45, 2.75) is 48.8 Å². The third-order valence-corrected chi connectivity index (χ3v) is 3.05. The molecule has 1 unspecified atom stereocenters. The molecule has 0 saturated carbocycles. The van der Waals surface area contributed by atoms with E-state index in [1.54, 1.807) is 0 Å². The smallest absolute Gasteiger partial charge is 0.207 e. The van der Waals surface area contributed by atoms with E-state index in [9.17, 15) is 92.2 Å². The summed E-state index contributed by atoms with van der Waals surface area (Å²) in [5, 5.41) is 0. The maximum Gasteiger partial charge on any atom is 0.470 e. The summed E-state index contributed by atoms with van der Waals surface area (Å²) < 4.78 is 265. The minimum absolute atomic E-state index is 4.73. The first kappa shape index (κ1) is 30.2. The zero-order valence-electron chi connectivity index (χ0n) is 13.4. The lowest BCUT2D eigenvalue weighted by atomic mass is 9.96. The van der Waals surface area contributed by atoms with E-state index in [-0.39, 0.29) is 0 Å². The highest BCUT2D eigenvalue weighted by molar-refractivity contribution is 5.33. The Morgan fingerprint density at radius 3 is 0.969 bits per heavy atom. The Morgan fingerprint density at radius 1 is 0.469 bits per heavy atom. The molecule has 0 bridgehead atoms. The van der Waals surface area contributed by atoms with Gasteiger partial charge in [0.1, 0.15) is 5.57 Å². The Kier molecular flexibility index (Phi) is 7.21. The number of allylic oxidation sites excluding steroid dienone is 1. The van der Waals surface area contributed by atoms with Crippen molar-refractivity contribution in [2.75, 3.05) is 0 Å². The maximum absolute atomic E-state index is 13.9. The highest BCUT2D eigenvalue weighted by atomic mass is 19.4. The zero-order chi connectivity index (χ0) is 26.7. The fourth-order valence-electron chi connectivity index (χ4n) is 1.78. The first-order valence-electron chi connectivity index (χ1n) is 6.39. The van der Waals surface area contributed by atoms with Crippen LogP contribution in [-0.2, 0) is 0 Å². The van der Waals surface area contributed by atoms with E-state index in [4.69, 9.17) is 0 Å². The van der Waals surface area contributed by atoms with Gasteiger partial charge in [0, 0.05) is 0 Å². The molecule has 1 atom stereocenters. The fourth-order valence-corrected chi connectivity index (χ4v) is 1.78. The molecule has 0 aliphatic heterocycles. The quantitative estimate of drug-likeness (QED) is 0.274. The van der Waals surface area contributed by atoms with Gasteiger partial charge < -0.3 is 0 Å². The van der Waals surface area contributed by atoms with Crippen molar-refractivity contribution in [3.63, 3.8) is 0 Å². The molecule has 0 rings (SSSR count). The molecule has 0 aliphatic rings. The number of alkyl halides is 20. The molecule has 0 saturated heterocycles. The lowest BCUT2D eigenvalue weighted by molar-refractivity contribution is -0.450. The van der Waals surface area contributed by atoms with Crippen LogP contribution >= 0.6 is 0 Å². The van der Waals surface area contributed by atoms with Gasteiger partial charge in [-0.1, -0.05) is 4.90 Å². The lowest BCUT2D eigenvalue weighted by Gasteiger charge is -2.40. The van der Waals surface area contributed by atoms with Gasteiger partial charge in [-0.3, -0.25) is 0 Å². The highest BCUT2D eigenvalue weighted by Gasteiger charge is 2.82. The van der Waals surface area contributed by atoms with Gasteiger partial charge in [0.25, 0.3) is 0 Å². The van der Waals surface area contributed by atoms with E-state index < -0.39 is 65.1 Å². The van der Waals surface area contributed by atoms with Crippen molar-refractivity contribution in [1.29, 1.82) is 0 Å². The average Bonchev–Trinajstić information content (AvgIpc) is 2.38. The molecule has 0 aromatic heterocycles. The molecule has 0 aliphatic carbocycles. The summed E-state index contributed by atoms with van der Waals surface area (Å²) >= 11 is 0. The molecule has 0 amide bonds. The van der Waals surface area contributed by atoms with Gasteiger partial charge in [-0.2, -0.15) is 83.4 Å². The Bertz CT molecular complexity index is 695. The van der Waals surface area contributed by atoms with Crippen molar-refractivity contribution in [1.82, 2.24) is 4.90 Å². The monoisotopic (exact) mass is 533 g/mol. The van der Waals surface area contributed by atoms with Crippen LogP contribution in [-0.4, -0.2) is 53.7 Å². The normalized spacial score (nSPS) is 18.6. The van der Waals surface area contributed by atoms with Crippen LogP contribution in [0.5, 0.6) is 0 Å². The van der Waals surface area contributed by atoms with E-state index in [1.165, 1.54) is 0 Å². The molecule has 0 fully saturated rings. The van der Waals surface area contributed by atoms with Crippen molar-refractivity contribution >= 4 is 0 Å².